The molecule has 2 aromatic carbocycles. The van der Waals surface area contributed by atoms with E-state index in [4.69, 9.17) is 11.6 Å². The number of carbonyl (C=O) groups is 1. The zero-order valence-corrected chi connectivity index (χ0v) is 22.1. The minimum atomic E-state index is -4.07. The summed E-state index contributed by atoms with van der Waals surface area (Å²) in [5.41, 5.74) is -1.86. The fourth-order valence-corrected chi connectivity index (χ4v) is 9.21. The van der Waals surface area contributed by atoms with Gasteiger partial charge in [-0.05, 0) is 62.1 Å². The van der Waals surface area contributed by atoms with E-state index in [0.717, 1.165) is 6.07 Å². The Morgan fingerprint density at radius 3 is 2.16 bits per heavy atom. The molecule has 2 bridgehead atoms. The van der Waals surface area contributed by atoms with Crippen LogP contribution >= 0.6 is 11.6 Å². The first-order valence-electron chi connectivity index (χ1n) is 11.9. The summed E-state index contributed by atoms with van der Waals surface area (Å²) in [5.74, 6) is -6.47. The summed E-state index contributed by atoms with van der Waals surface area (Å²) < 4.78 is 94.0. The van der Waals surface area contributed by atoms with Gasteiger partial charge in [0.05, 0.1) is 26.0 Å². The summed E-state index contributed by atoms with van der Waals surface area (Å²) in [6, 6.07) is 4.67. The van der Waals surface area contributed by atoms with Gasteiger partial charge in [-0.1, -0.05) is 11.6 Å². The van der Waals surface area contributed by atoms with E-state index in [-0.39, 0.29) is 40.6 Å². The summed E-state index contributed by atoms with van der Waals surface area (Å²) in [7, 11) is -7.58. The zero-order valence-electron chi connectivity index (χ0n) is 19.8. The van der Waals surface area contributed by atoms with Crippen molar-refractivity contribution in [3.8, 4) is 0 Å². The summed E-state index contributed by atoms with van der Waals surface area (Å²) in [5, 5.41) is 11.8. The van der Waals surface area contributed by atoms with Crippen molar-refractivity contribution in [2.45, 2.75) is 53.1 Å². The van der Waals surface area contributed by atoms with Crippen LogP contribution in [-0.4, -0.2) is 50.5 Å². The van der Waals surface area contributed by atoms with Crippen LogP contribution in [0.1, 0.15) is 42.5 Å². The molecule has 0 saturated heterocycles. The van der Waals surface area contributed by atoms with Gasteiger partial charge < -0.3 is 10.4 Å². The number of hydrogen-bond acceptors (Lipinski definition) is 6. The zero-order chi connectivity index (χ0) is 27.6. The van der Waals surface area contributed by atoms with Gasteiger partial charge in [0, 0.05) is 29.9 Å². The Morgan fingerprint density at radius 1 is 0.974 bits per heavy atom. The molecule has 4 fully saturated rings. The number of rotatable bonds is 8. The molecule has 0 heterocycles. The fourth-order valence-electron chi connectivity index (χ4n) is 5.38. The van der Waals surface area contributed by atoms with Crippen molar-refractivity contribution in [3.05, 3.63) is 58.4 Å². The first-order chi connectivity index (χ1) is 17.7. The molecule has 0 aromatic heterocycles. The first-order valence-corrected chi connectivity index (χ1v) is 15.4. The highest BCUT2D eigenvalue weighted by Gasteiger charge is 2.60. The van der Waals surface area contributed by atoms with Crippen molar-refractivity contribution < 1.29 is 39.9 Å². The van der Waals surface area contributed by atoms with Crippen LogP contribution in [0.25, 0.3) is 0 Å². The molecule has 3 N–H and O–H groups in total. The minimum absolute atomic E-state index is 0.0847. The number of sulfone groups is 1. The van der Waals surface area contributed by atoms with Crippen LogP contribution in [0.2, 0.25) is 5.02 Å². The SMILES string of the molecule is O=C(Nc1cc(F)c(F)c(F)c1)c1ccc(Cl)c(S(=O)(=O)C2CC3CC(C2)C3(O)CNS(=O)(=O)C2CC2)c1. The second kappa shape index (κ2) is 9.47. The number of aliphatic hydroxyl groups is 1. The summed E-state index contributed by atoms with van der Waals surface area (Å²) in [6.07, 6.45) is 1.89. The van der Waals surface area contributed by atoms with E-state index in [2.05, 4.69) is 10.0 Å². The first kappa shape index (κ1) is 27.4. The normalized spacial score (nSPS) is 27.0. The predicted octanol–water partition coefficient (Wildman–Crippen LogP) is 3.39. The van der Waals surface area contributed by atoms with Crippen molar-refractivity contribution >= 4 is 43.1 Å². The highest BCUT2D eigenvalue weighted by molar-refractivity contribution is 7.92. The van der Waals surface area contributed by atoms with E-state index in [1.54, 1.807) is 0 Å². The summed E-state index contributed by atoms with van der Waals surface area (Å²) in [4.78, 5) is 12.3. The van der Waals surface area contributed by atoms with E-state index in [9.17, 15) is 39.9 Å². The van der Waals surface area contributed by atoms with E-state index >= 15 is 0 Å². The molecule has 4 aliphatic carbocycles. The number of sulfonamides is 1. The van der Waals surface area contributed by atoms with Crippen LogP contribution in [0.4, 0.5) is 18.9 Å². The predicted molar refractivity (Wildman–Crippen MR) is 132 cm³/mol. The number of amides is 1. The molecule has 2 atom stereocenters. The average molecular weight is 593 g/mol. The van der Waals surface area contributed by atoms with Crippen molar-refractivity contribution in [1.29, 1.82) is 0 Å². The number of halogens is 4. The Balaban J connectivity index is 1.31. The molecule has 206 valence electrons. The third-order valence-corrected chi connectivity index (χ3v) is 12.3. The quantitative estimate of drug-likeness (QED) is 0.403. The number of fused-ring (bicyclic) bond motifs is 2. The maximum atomic E-state index is 13.5. The molecular formula is C24H24ClF3N2O6S2. The number of carbonyl (C=O) groups excluding carboxylic acids is 1. The van der Waals surface area contributed by atoms with Gasteiger partial charge in [0.15, 0.2) is 27.3 Å². The number of anilines is 1. The Kier molecular flexibility index (Phi) is 6.83. The van der Waals surface area contributed by atoms with Gasteiger partial charge in [0.2, 0.25) is 10.0 Å². The lowest BCUT2D eigenvalue weighted by Gasteiger charge is -2.58. The molecule has 4 saturated carbocycles. The Bertz CT molecular complexity index is 1500. The van der Waals surface area contributed by atoms with Crippen LogP contribution in [-0.2, 0) is 19.9 Å². The molecule has 2 aromatic rings. The highest BCUT2D eigenvalue weighted by Crippen LogP contribution is 2.55. The summed E-state index contributed by atoms with van der Waals surface area (Å²) in [6.45, 7) is -0.172. The molecule has 4 aliphatic rings. The number of benzene rings is 2. The van der Waals surface area contributed by atoms with E-state index in [1.165, 1.54) is 12.1 Å². The second-order valence-electron chi connectivity index (χ2n) is 10.2. The average Bonchev–Trinajstić information content (AvgIpc) is 3.72. The molecule has 14 heteroatoms. The minimum Gasteiger partial charge on any atom is -0.388 e. The molecule has 2 unspecified atom stereocenters. The largest absolute Gasteiger partial charge is 0.388 e. The Hall–Kier alpha value is -2.19. The second-order valence-corrected chi connectivity index (χ2v) is 14.8. The monoisotopic (exact) mass is 592 g/mol. The van der Waals surface area contributed by atoms with Crippen LogP contribution in [0, 0.1) is 29.3 Å². The van der Waals surface area contributed by atoms with Gasteiger partial charge in [-0.3, -0.25) is 4.79 Å². The van der Waals surface area contributed by atoms with Crippen molar-refractivity contribution in [2.75, 3.05) is 11.9 Å². The van der Waals surface area contributed by atoms with E-state index < -0.39 is 71.2 Å². The van der Waals surface area contributed by atoms with Gasteiger partial charge in [-0.15, -0.1) is 0 Å². The molecule has 0 aliphatic heterocycles. The standard InChI is InChI=1S/C24H24ClF3N2O6S2/c25-18-4-1-12(23(31)30-15-9-19(26)22(28)20(27)10-15)5-21(18)37(33,34)17-7-13-6-14(8-17)24(13,32)11-29-38(35,36)16-2-3-16/h1,4-5,9-10,13-14,16-17,29,32H,2-3,6-8,11H2,(H,30,31). The Morgan fingerprint density at radius 2 is 1.58 bits per heavy atom. The van der Waals surface area contributed by atoms with Gasteiger partial charge >= 0.3 is 0 Å². The molecule has 1 amide bonds. The molecule has 6 rings (SSSR count). The Labute approximate surface area is 222 Å². The lowest BCUT2D eigenvalue weighted by atomic mass is 9.54. The van der Waals surface area contributed by atoms with Crippen LogP contribution in [0.15, 0.2) is 35.2 Å². The number of nitrogens with one attached hydrogen (secondary N) is 2. The topological polar surface area (TPSA) is 130 Å². The molecule has 0 spiro atoms. The fraction of sp³-hybridized carbons (Fsp3) is 0.458. The molecular weight excluding hydrogens is 569 g/mol. The maximum absolute atomic E-state index is 13.5. The van der Waals surface area contributed by atoms with Crippen LogP contribution in [0.5, 0.6) is 0 Å². The molecule has 0 radical (unpaired) electrons. The van der Waals surface area contributed by atoms with Crippen molar-refractivity contribution in [2.24, 2.45) is 11.8 Å². The smallest absolute Gasteiger partial charge is 0.255 e. The van der Waals surface area contributed by atoms with Crippen LogP contribution in [0.3, 0.4) is 0 Å². The number of hydrogen-bond donors (Lipinski definition) is 3. The maximum Gasteiger partial charge on any atom is 0.255 e. The lowest BCUT2D eigenvalue weighted by molar-refractivity contribution is -0.170. The highest BCUT2D eigenvalue weighted by atomic mass is 35.5. The van der Waals surface area contributed by atoms with E-state index in [0.29, 0.717) is 31.4 Å². The van der Waals surface area contributed by atoms with Gasteiger partial charge in [-0.25, -0.2) is 34.7 Å². The molecule has 38 heavy (non-hydrogen) atoms. The van der Waals surface area contributed by atoms with Crippen molar-refractivity contribution in [3.63, 3.8) is 0 Å². The van der Waals surface area contributed by atoms with Crippen molar-refractivity contribution in [1.82, 2.24) is 4.72 Å². The van der Waals surface area contributed by atoms with Gasteiger partial charge in [0.25, 0.3) is 5.91 Å². The lowest BCUT2D eigenvalue weighted by Crippen LogP contribution is -2.66. The van der Waals surface area contributed by atoms with Crippen LogP contribution < -0.4 is 10.0 Å². The van der Waals surface area contributed by atoms with Gasteiger partial charge in [-0.2, -0.15) is 0 Å². The third kappa shape index (κ3) is 4.83. The molecule has 8 nitrogen and oxygen atoms in total. The van der Waals surface area contributed by atoms with Gasteiger partial charge in [0.1, 0.15) is 0 Å². The van der Waals surface area contributed by atoms with E-state index in [1.807, 2.05) is 0 Å². The third-order valence-electron chi connectivity index (χ3n) is 7.78. The summed E-state index contributed by atoms with van der Waals surface area (Å²) >= 11 is 6.19.